The third kappa shape index (κ3) is 3.80. The van der Waals surface area contributed by atoms with Gasteiger partial charge in [-0.3, -0.25) is 4.79 Å². The number of anilines is 1. The van der Waals surface area contributed by atoms with Gasteiger partial charge in [0, 0.05) is 25.6 Å². The second-order valence-corrected chi connectivity index (χ2v) is 7.52. The Morgan fingerprint density at radius 1 is 1.43 bits per heavy atom. The van der Waals surface area contributed by atoms with Crippen LogP contribution >= 0.6 is 11.3 Å². The third-order valence-electron chi connectivity index (χ3n) is 4.16. The quantitative estimate of drug-likeness (QED) is 0.931. The van der Waals surface area contributed by atoms with E-state index in [4.69, 9.17) is 0 Å². The van der Waals surface area contributed by atoms with Gasteiger partial charge in [0.1, 0.15) is 5.82 Å². The molecule has 1 aromatic carbocycles. The second kappa shape index (κ2) is 6.83. The van der Waals surface area contributed by atoms with Crippen LogP contribution in [0.2, 0.25) is 0 Å². The van der Waals surface area contributed by atoms with Gasteiger partial charge in [0.15, 0.2) is 5.13 Å². The van der Waals surface area contributed by atoms with Gasteiger partial charge in [-0.25, -0.2) is 9.37 Å². The van der Waals surface area contributed by atoms with E-state index in [1.54, 1.807) is 6.07 Å². The minimum atomic E-state index is -0.228. The number of piperidine rings is 1. The summed E-state index contributed by atoms with van der Waals surface area (Å²) in [7, 11) is 0. The topological polar surface area (TPSA) is 45.2 Å². The number of nitrogens with one attached hydrogen (secondary N) is 1. The van der Waals surface area contributed by atoms with Gasteiger partial charge in [0.25, 0.3) is 0 Å². The molecule has 0 atom stereocenters. The van der Waals surface area contributed by atoms with Crippen molar-refractivity contribution in [2.75, 3.05) is 24.5 Å². The van der Waals surface area contributed by atoms with E-state index in [-0.39, 0.29) is 17.6 Å². The Morgan fingerprint density at radius 2 is 2.17 bits per heavy atom. The summed E-state index contributed by atoms with van der Waals surface area (Å²) in [6, 6.07) is 4.69. The maximum atomic E-state index is 13.3. The van der Waals surface area contributed by atoms with E-state index in [2.05, 4.69) is 29.0 Å². The number of hydrogen-bond donors (Lipinski definition) is 1. The Kier molecular flexibility index (Phi) is 4.80. The van der Waals surface area contributed by atoms with Crippen molar-refractivity contribution in [1.82, 2.24) is 10.3 Å². The van der Waals surface area contributed by atoms with Crippen molar-refractivity contribution in [2.45, 2.75) is 26.7 Å². The molecule has 1 saturated heterocycles. The van der Waals surface area contributed by atoms with Crippen LogP contribution in [0.25, 0.3) is 10.2 Å². The van der Waals surface area contributed by atoms with E-state index in [0.29, 0.717) is 5.92 Å². The molecule has 0 bridgehead atoms. The van der Waals surface area contributed by atoms with Crippen LogP contribution in [0.5, 0.6) is 0 Å². The molecule has 4 nitrogen and oxygen atoms in total. The van der Waals surface area contributed by atoms with E-state index in [0.717, 1.165) is 47.8 Å². The fourth-order valence-electron chi connectivity index (χ4n) is 2.80. The van der Waals surface area contributed by atoms with Crippen molar-refractivity contribution >= 4 is 32.6 Å². The van der Waals surface area contributed by atoms with Crippen molar-refractivity contribution in [3.63, 3.8) is 0 Å². The van der Waals surface area contributed by atoms with E-state index in [1.807, 2.05) is 0 Å². The molecule has 124 valence electrons. The Morgan fingerprint density at radius 3 is 2.87 bits per heavy atom. The molecular weight excluding hydrogens is 313 g/mol. The fraction of sp³-hybridized carbons (Fsp3) is 0.529. The monoisotopic (exact) mass is 335 g/mol. The van der Waals surface area contributed by atoms with Crippen molar-refractivity contribution in [3.8, 4) is 0 Å². The van der Waals surface area contributed by atoms with Crippen LogP contribution in [0.15, 0.2) is 18.2 Å². The first-order valence-corrected chi connectivity index (χ1v) is 8.93. The van der Waals surface area contributed by atoms with E-state index in [1.165, 1.54) is 23.5 Å². The predicted octanol–water partition coefficient (Wildman–Crippen LogP) is 3.42. The van der Waals surface area contributed by atoms with E-state index < -0.39 is 0 Å². The van der Waals surface area contributed by atoms with Gasteiger partial charge in [-0.05, 0) is 37.0 Å². The summed E-state index contributed by atoms with van der Waals surface area (Å²) >= 11 is 1.52. The summed E-state index contributed by atoms with van der Waals surface area (Å²) in [5.41, 5.74) is 0.836. The summed E-state index contributed by atoms with van der Waals surface area (Å²) in [4.78, 5) is 18.9. The molecule has 23 heavy (non-hydrogen) atoms. The van der Waals surface area contributed by atoms with Gasteiger partial charge in [-0.1, -0.05) is 25.2 Å². The molecule has 1 aliphatic heterocycles. The summed E-state index contributed by atoms with van der Waals surface area (Å²) in [5, 5.41) is 3.94. The number of thiazole rings is 1. The lowest BCUT2D eigenvalue weighted by Gasteiger charge is -2.31. The Hall–Kier alpha value is -1.69. The van der Waals surface area contributed by atoms with Crippen LogP contribution in [0.3, 0.4) is 0 Å². The lowest BCUT2D eigenvalue weighted by atomic mass is 9.96. The summed E-state index contributed by atoms with van der Waals surface area (Å²) in [5.74, 6) is 0.511. The smallest absolute Gasteiger partial charge is 0.223 e. The van der Waals surface area contributed by atoms with E-state index >= 15 is 0 Å². The van der Waals surface area contributed by atoms with Crippen molar-refractivity contribution in [3.05, 3.63) is 24.0 Å². The van der Waals surface area contributed by atoms with Gasteiger partial charge < -0.3 is 10.2 Å². The fourth-order valence-corrected chi connectivity index (χ4v) is 3.85. The Balaban J connectivity index is 1.60. The molecular formula is C17H22FN3OS. The van der Waals surface area contributed by atoms with Gasteiger partial charge in [0.2, 0.25) is 5.91 Å². The minimum absolute atomic E-state index is 0.0943. The highest BCUT2D eigenvalue weighted by Crippen LogP contribution is 2.31. The lowest BCUT2D eigenvalue weighted by molar-refractivity contribution is -0.125. The summed E-state index contributed by atoms with van der Waals surface area (Å²) in [6.07, 6.45) is 1.68. The number of aromatic nitrogens is 1. The van der Waals surface area contributed by atoms with Crippen LogP contribution in [0.1, 0.15) is 26.7 Å². The van der Waals surface area contributed by atoms with Crippen LogP contribution in [-0.4, -0.2) is 30.5 Å². The average Bonchev–Trinajstić information content (AvgIpc) is 2.95. The van der Waals surface area contributed by atoms with Gasteiger partial charge in [0.05, 0.1) is 10.2 Å². The van der Waals surface area contributed by atoms with E-state index in [9.17, 15) is 9.18 Å². The maximum Gasteiger partial charge on any atom is 0.223 e. The molecule has 2 heterocycles. The zero-order valence-corrected chi connectivity index (χ0v) is 14.3. The van der Waals surface area contributed by atoms with Gasteiger partial charge in [-0.15, -0.1) is 0 Å². The number of carbonyl (C=O) groups is 1. The predicted molar refractivity (Wildman–Crippen MR) is 92.4 cm³/mol. The summed E-state index contributed by atoms with van der Waals surface area (Å²) < 4.78 is 14.2. The highest BCUT2D eigenvalue weighted by atomic mass is 32.1. The molecule has 0 aliphatic carbocycles. The molecule has 0 unspecified atom stereocenters. The molecule has 1 N–H and O–H groups in total. The number of halogens is 1. The standard InChI is InChI=1S/C17H22FN3OS/c1-11(2)10-19-16(22)12-5-7-21(8-6-12)17-20-14-4-3-13(18)9-15(14)23-17/h3-4,9,11-12H,5-8,10H2,1-2H3,(H,19,22). The van der Waals surface area contributed by atoms with Crippen LogP contribution in [0, 0.1) is 17.7 Å². The molecule has 1 aliphatic rings. The van der Waals surface area contributed by atoms with Gasteiger partial charge in [-0.2, -0.15) is 0 Å². The number of fused-ring (bicyclic) bond motifs is 1. The van der Waals surface area contributed by atoms with Gasteiger partial charge >= 0.3 is 0 Å². The largest absolute Gasteiger partial charge is 0.356 e. The van der Waals surface area contributed by atoms with Crippen molar-refractivity contribution in [2.24, 2.45) is 11.8 Å². The minimum Gasteiger partial charge on any atom is -0.356 e. The maximum absolute atomic E-state index is 13.3. The number of benzene rings is 1. The average molecular weight is 335 g/mol. The molecule has 0 saturated carbocycles. The van der Waals surface area contributed by atoms with Crippen molar-refractivity contribution < 1.29 is 9.18 Å². The lowest BCUT2D eigenvalue weighted by Crippen LogP contribution is -2.41. The Bertz CT molecular complexity index is 692. The zero-order chi connectivity index (χ0) is 16.4. The molecule has 0 spiro atoms. The summed E-state index contributed by atoms with van der Waals surface area (Å²) in [6.45, 7) is 6.57. The first kappa shape index (κ1) is 16.2. The highest BCUT2D eigenvalue weighted by Gasteiger charge is 2.26. The highest BCUT2D eigenvalue weighted by molar-refractivity contribution is 7.22. The first-order chi connectivity index (χ1) is 11.0. The van der Waals surface area contributed by atoms with Crippen LogP contribution in [0.4, 0.5) is 9.52 Å². The first-order valence-electron chi connectivity index (χ1n) is 8.11. The molecule has 3 rings (SSSR count). The molecule has 1 amide bonds. The zero-order valence-electron chi connectivity index (χ0n) is 13.5. The third-order valence-corrected chi connectivity index (χ3v) is 5.24. The number of nitrogens with zero attached hydrogens (tertiary/aromatic N) is 2. The molecule has 0 radical (unpaired) electrons. The van der Waals surface area contributed by atoms with Crippen molar-refractivity contribution in [1.29, 1.82) is 0 Å². The SMILES string of the molecule is CC(C)CNC(=O)C1CCN(c2nc3ccc(F)cc3s2)CC1. The van der Waals surface area contributed by atoms with Crippen LogP contribution in [-0.2, 0) is 4.79 Å². The number of rotatable bonds is 4. The van der Waals surface area contributed by atoms with Crippen LogP contribution < -0.4 is 10.2 Å². The normalized spacial score (nSPS) is 16.3. The number of amides is 1. The molecule has 2 aromatic rings. The Labute approximate surface area is 139 Å². The molecule has 1 fully saturated rings. The number of carbonyl (C=O) groups excluding carboxylic acids is 1. The second-order valence-electron chi connectivity index (χ2n) is 6.51. The number of hydrogen-bond acceptors (Lipinski definition) is 4. The molecule has 6 heteroatoms. The molecule has 1 aromatic heterocycles.